The zero-order valence-corrected chi connectivity index (χ0v) is 17.6. The van der Waals surface area contributed by atoms with Gasteiger partial charge in [-0.05, 0) is 17.7 Å². The number of halogens is 1. The Hall–Kier alpha value is -1.94. The Morgan fingerprint density at radius 3 is 2.48 bits per heavy atom. The molecule has 4 rings (SSSR count). The lowest BCUT2D eigenvalue weighted by Crippen LogP contribution is -2.49. The van der Waals surface area contributed by atoms with Gasteiger partial charge in [0, 0.05) is 50.4 Å². The predicted molar refractivity (Wildman–Crippen MR) is 113 cm³/mol. The smallest absolute Gasteiger partial charge is 0.218 e. The standard InChI is InChI=1S/C19H24ClN5O3S/c20-17-3-1-2-16(12-17)15-29(26,27)25-6-4-24(5-7-25)19-13-18(14-21-22-19)23-8-10-28-11-9-23/h1-3,12-14H,4-11,15H2. The van der Waals surface area contributed by atoms with Crippen molar-refractivity contribution >= 4 is 33.1 Å². The van der Waals surface area contributed by atoms with Crippen LogP contribution in [0.4, 0.5) is 11.5 Å². The van der Waals surface area contributed by atoms with E-state index in [9.17, 15) is 8.42 Å². The summed E-state index contributed by atoms with van der Waals surface area (Å²) in [6.45, 7) is 5.09. The molecule has 0 unspecified atom stereocenters. The lowest BCUT2D eigenvalue weighted by Gasteiger charge is -2.35. The van der Waals surface area contributed by atoms with Crippen molar-refractivity contribution in [2.75, 3.05) is 62.3 Å². The van der Waals surface area contributed by atoms with Gasteiger partial charge in [-0.1, -0.05) is 23.7 Å². The van der Waals surface area contributed by atoms with Crippen molar-refractivity contribution < 1.29 is 13.2 Å². The van der Waals surface area contributed by atoms with Gasteiger partial charge in [0.15, 0.2) is 5.82 Å². The largest absolute Gasteiger partial charge is 0.378 e. The van der Waals surface area contributed by atoms with Crippen LogP contribution in [-0.2, 0) is 20.5 Å². The third-order valence-corrected chi connectivity index (χ3v) is 7.28. The molecule has 2 aliphatic heterocycles. The van der Waals surface area contributed by atoms with Gasteiger partial charge in [-0.15, -0.1) is 5.10 Å². The molecular formula is C19H24ClN5O3S. The number of sulfonamides is 1. The molecule has 0 radical (unpaired) electrons. The number of hydrogen-bond donors (Lipinski definition) is 0. The van der Waals surface area contributed by atoms with E-state index in [2.05, 4.69) is 20.0 Å². The Kier molecular flexibility index (Phi) is 6.19. The Morgan fingerprint density at radius 1 is 1.00 bits per heavy atom. The summed E-state index contributed by atoms with van der Waals surface area (Å²) < 4.78 is 32.5. The lowest BCUT2D eigenvalue weighted by molar-refractivity contribution is 0.122. The summed E-state index contributed by atoms with van der Waals surface area (Å²) in [6, 6.07) is 9.01. The van der Waals surface area contributed by atoms with Gasteiger partial charge in [0.2, 0.25) is 10.0 Å². The van der Waals surface area contributed by atoms with E-state index in [-0.39, 0.29) is 5.75 Å². The van der Waals surface area contributed by atoms with Gasteiger partial charge in [-0.25, -0.2) is 8.42 Å². The fraction of sp³-hybridized carbons (Fsp3) is 0.474. The first kappa shape index (κ1) is 20.3. The van der Waals surface area contributed by atoms with Gasteiger partial charge >= 0.3 is 0 Å². The topological polar surface area (TPSA) is 78.9 Å². The lowest BCUT2D eigenvalue weighted by atomic mass is 10.2. The van der Waals surface area contributed by atoms with Crippen LogP contribution in [0.3, 0.4) is 0 Å². The van der Waals surface area contributed by atoms with E-state index in [0.717, 1.165) is 24.6 Å². The zero-order chi connectivity index (χ0) is 20.3. The normalized spacial score (nSPS) is 18.8. The monoisotopic (exact) mass is 437 g/mol. The fourth-order valence-electron chi connectivity index (χ4n) is 3.62. The van der Waals surface area contributed by atoms with E-state index in [4.69, 9.17) is 16.3 Å². The molecule has 3 heterocycles. The van der Waals surface area contributed by atoms with Gasteiger partial charge in [0.1, 0.15) is 0 Å². The van der Waals surface area contributed by atoms with Gasteiger partial charge < -0.3 is 14.5 Å². The second-order valence-corrected chi connectivity index (χ2v) is 9.55. The number of piperazine rings is 1. The van der Waals surface area contributed by atoms with E-state index in [0.29, 0.717) is 50.0 Å². The summed E-state index contributed by atoms with van der Waals surface area (Å²) in [6.07, 6.45) is 1.76. The maximum absolute atomic E-state index is 12.8. The Morgan fingerprint density at radius 2 is 1.76 bits per heavy atom. The molecule has 2 aromatic rings. The summed E-state index contributed by atoms with van der Waals surface area (Å²) in [5.74, 6) is 0.737. The van der Waals surface area contributed by atoms with Gasteiger partial charge in [-0.2, -0.15) is 9.40 Å². The van der Waals surface area contributed by atoms with Crippen molar-refractivity contribution in [2.24, 2.45) is 0 Å². The van der Waals surface area contributed by atoms with E-state index >= 15 is 0 Å². The highest BCUT2D eigenvalue weighted by molar-refractivity contribution is 7.88. The quantitative estimate of drug-likeness (QED) is 0.703. The minimum Gasteiger partial charge on any atom is -0.378 e. The Bertz CT molecular complexity index is 944. The molecule has 0 atom stereocenters. The van der Waals surface area contributed by atoms with Gasteiger partial charge in [-0.3, -0.25) is 0 Å². The number of rotatable bonds is 5. The van der Waals surface area contributed by atoms with Crippen LogP contribution < -0.4 is 9.80 Å². The number of benzene rings is 1. The van der Waals surface area contributed by atoms with Crippen molar-refractivity contribution in [2.45, 2.75) is 5.75 Å². The maximum Gasteiger partial charge on any atom is 0.218 e. The summed E-state index contributed by atoms with van der Waals surface area (Å²) in [7, 11) is -3.39. The molecule has 0 aliphatic carbocycles. The zero-order valence-electron chi connectivity index (χ0n) is 16.1. The number of nitrogens with zero attached hydrogens (tertiary/aromatic N) is 5. The molecule has 2 saturated heterocycles. The first-order chi connectivity index (χ1) is 14.0. The van der Waals surface area contributed by atoms with Crippen molar-refractivity contribution in [3.05, 3.63) is 47.1 Å². The number of morpholine rings is 1. The van der Waals surface area contributed by atoms with Crippen LogP contribution in [0, 0.1) is 0 Å². The van der Waals surface area contributed by atoms with Crippen LogP contribution in [0.2, 0.25) is 5.02 Å². The molecular weight excluding hydrogens is 414 g/mol. The van der Waals surface area contributed by atoms with Crippen molar-refractivity contribution in [3.8, 4) is 0 Å². The van der Waals surface area contributed by atoms with Crippen LogP contribution in [0.25, 0.3) is 0 Å². The summed E-state index contributed by atoms with van der Waals surface area (Å²) in [4.78, 5) is 4.32. The van der Waals surface area contributed by atoms with E-state index in [1.54, 1.807) is 34.8 Å². The molecule has 1 aromatic heterocycles. The molecule has 10 heteroatoms. The van der Waals surface area contributed by atoms with E-state index in [1.807, 2.05) is 6.07 Å². The van der Waals surface area contributed by atoms with Gasteiger partial charge in [0.05, 0.1) is 30.9 Å². The minimum absolute atomic E-state index is 0.0418. The summed E-state index contributed by atoms with van der Waals surface area (Å²) in [5, 5.41) is 8.95. The van der Waals surface area contributed by atoms with Crippen LogP contribution >= 0.6 is 11.6 Å². The minimum atomic E-state index is -3.39. The second-order valence-electron chi connectivity index (χ2n) is 7.14. The molecule has 8 nitrogen and oxygen atoms in total. The average molecular weight is 438 g/mol. The third-order valence-electron chi connectivity index (χ3n) is 5.20. The highest BCUT2D eigenvalue weighted by Crippen LogP contribution is 2.22. The molecule has 2 fully saturated rings. The van der Waals surface area contributed by atoms with E-state index in [1.165, 1.54) is 0 Å². The van der Waals surface area contributed by atoms with E-state index < -0.39 is 10.0 Å². The second kappa shape index (κ2) is 8.83. The molecule has 0 saturated carbocycles. The predicted octanol–water partition coefficient (Wildman–Crippen LogP) is 1.62. The molecule has 0 amide bonds. The highest BCUT2D eigenvalue weighted by Gasteiger charge is 2.28. The molecule has 0 bridgehead atoms. The Balaban J connectivity index is 1.39. The fourth-order valence-corrected chi connectivity index (χ4v) is 5.33. The van der Waals surface area contributed by atoms with Crippen molar-refractivity contribution in [3.63, 3.8) is 0 Å². The molecule has 0 spiro atoms. The SMILES string of the molecule is O=S(=O)(Cc1cccc(Cl)c1)N1CCN(c2cc(N3CCOCC3)cnn2)CC1. The maximum atomic E-state index is 12.8. The van der Waals surface area contributed by atoms with Crippen molar-refractivity contribution in [1.82, 2.24) is 14.5 Å². The summed E-state index contributed by atoms with van der Waals surface area (Å²) >= 11 is 5.98. The first-order valence-electron chi connectivity index (χ1n) is 9.64. The average Bonchev–Trinajstić information content (AvgIpc) is 2.74. The molecule has 2 aliphatic rings. The summed E-state index contributed by atoms with van der Waals surface area (Å²) in [5.41, 5.74) is 1.72. The number of hydrogen-bond acceptors (Lipinski definition) is 7. The van der Waals surface area contributed by atoms with Crippen LogP contribution in [0.15, 0.2) is 36.5 Å². The Labute approximate surface area is 176 Å². The van der Waals surface area contributed by atoms with Gasteiger partial charge in [0.25, 0.3) is 0 Å². The molecule has 0 N–H and O–H groups in total. The molecule has 156 valence electrons. The van der Waals surface area contributed by atoms with Crippen molar-refractivity contribution in [1.29, 1.82) is 0 Å². The highest BCUT2D eigenvalue weighted by atomic mass is 35.5. The number of ether oxygens (including phenoxy) is 1. The first-order valence-corrected chi connectivity index (χ1v) is 11.6. The third kappa shape index (κ3) is 4.98. The molecule has 29 heavy (non-hydrogen) atoms. The van der Waals surface area contributed by atoms with Crippen LogP contribution in [0.5, 0.6) is 0 Å². The molecule has 1 aromatic carbocycles. The number of aromatic nitrogens is 2. The van der Waals surface area contributed by atoms with Crippen LogP contribution in [-0.4, -0.2) is 75.4 Å². The number of anilines is 2. The van der Waals surface area contributed by atoms with Crippen LogP contribution in [0.1, 0.15) is 5.56 Å².